The van der Waals surface area contributed by atoms with Crippen molar-refractivity contribution in [1.82, 2.24) is 5.32 Å². The molecule has 1 amide bonds. The van der Waals surface area contributed by atoms with Crippen molar-refractivity contribution in [3.8, 4) is 5.75 Å². The van der Waals surface area contributed by atoms with Gasteiger partial charge in [0.15, 0.2) is 0 Å². The van der Waals surface area contributed by atoms with Crippen molar-refractivity contribution in [3.05, 3.63) is 71.8 Å². The lowest BCUT2D eigenvalue weighted by Crippen LogP contribution is -2.49. The van der Waals surface area contributed by atoms with E-state index in [1.165, 1.54) is 13.8 Å². The van der Waals surface area contributed by atoms with Gasteiger partial charge in [-0.25, -0.2) is 4.79 Å². The van der Waals surface area contributed by atoms with Crippen LogP contribution in [0, 0.1) is 0 Å². The molecule has 6 heteroatoms. The molecule has 0 saturated carbocycles. The Morgan fingerprint density at radius 1 is 1.03 bits per heavy atom. The molecule has 0 aliphatic carbocycles. The number of carboxylic acid groups (broad SMARTS) is 1. The number of aliphatic carboxylic acids is 1. The number of hydrogen-bond donors (Lipinski definition) is 2. The van der Waals surface area contributed by atoms with Gasteiger partial charge in [-0.05, 0) is 49.3 Å². The van der Waals surface area contributed by atoms with E-state index < -0.39 is 17.4 Å². The molecular formula is C23H23NO4S. The van der Waals surface area contributed by atoms with Gasteiger partial charge in [0, 0.05) is 10.3 Å². The third-order valence-electron chi connectivity index (χ3n) is 4.63. The normalized spacial score (nSPS) is 11.3. The molecule has 2 N–H and O–H groups in total. The van der Waals surface area contributed by atoms with E-state index in [0.717, 1.165) is 21.2 Å². The maximum atomic E-state index is 12.9. The van der Waals surface area contributed by atoms with Crippen molar-refractivity contribution in [2.45, 2.75) is 30.9 Å². The topological polar surface area (TPSA) is 75.6 Å². The molecule has 0 aliphatic rings. The van der Waals surface area contributed by atoms with Gasteiger partial charge < -0.3 is 15.2 Å². The van der Waals surface area contributed by atoms with Gasteiger partial charge in [0.25, 0.3) is 5.91 Å². The number of carbonyl (C=O) groups is 2. The number of nitrogens with one attached hydrogen (secondary N) is 1. The summed E-state index contributed by atoms with van der Waals surface area (Å²) in [7, 11) is 0. The second kappa shape index (κ2) is 8.57. The van der Waals surface area contributed by atoms with Gasteiger partial charge in [-0.2, -0.15) is 0 Å². The highest BCUT2D eigenvalue weighted by atomic mass is 32.2. The van der Waals surface area contributed by atoms with Gasteiger partial charge in [0.2, 0.25) is 0 Å². The lowest BCUT2D eigenvalue weighted by Gasteiger charge is -2.22. The highest BCUT2D eigenvalue weighted by Crippen LogP contribution is 2.31. The fourth-order valence-corrected chi connectivity index (χ4v) is 3.27. The fraction of sp³-hybridized carbons (Fsp3) is 0.217. The third kappa shape index (κ3) is 4.71. The smallest absolute Gasteiger partial charge is 0.328 e. The zero-order chi connectivity index (χ0) is 21.0. The van der Waals surface area contributed by atoms with Crippen LogP contribution in [0.4, 0.5) is 0 Å². The van der Waals surface area contributed by atoms with Crippen molar-refractivity contribution in [2.24, 2.45) is 0 Å². The molecule has 0 heterocycles. The first-order valence-corrected chi connectivity index (χ1v) is 10.4. The summed E-state index contributed by atoms with van der Waals surface area (Å²) in [6.45, 7) is 3.19. The molecule has 0 unspecified atom stereocenters. The van der Waals surface area contributed by atoms with Crippen molar-refractivity contribution in [1.29, 1.82) is 0 Å². The number of carbonyl (C=O) groups excluding carboxylic acids is 1. The van der Waals surface area contributed by atoms with Gasteiger partial charge in [-0.3, -0.25) is 4.79 Å². The van der Waals surface area contributed by atoms with Gasteiger partial charge in [-0.15, -0.1) is 11.8 Å². The SMILES string of the molecule is CSc1ccc(COc2c(C(=O)NC(C)(C)C(=O)O)ccc3ccccc23)cc1. The molecule has 0 bridgehead atoms. The van der Waals surface area contributed by atoms with Crippen LogP contribution in [0.3, 0.4) is 0 Å². The fourth-order valence-electron chi connectivity index (χ4n) is 2.86. The second-order valence-corrected chi connectivity index (χ2v) is 8.06. The molecule has 150 valence electrons. The predicted molar refractivity (Wildman–Crippen MR) is 116 cm³/mol. The van der Waals surface area contributed by atoms with Gasteiger partial charge >= 0.3 is 5.97 Å². The average Bonchev–Trinajstić information content (AvgIpc) is 2.71. The van der Waals surface area contributed by atoms with Crippen LogP contribution in [0.5, 0.6) is 5.75 Å². The lowest BCUT2D eigenvalue weighted by atomic mass is 10.0. The minimum atomic E-state index is -1.40. The Morgan fingerprint density at radius 3 is 2.38 bits per heavy atom. The number of ether oxygens (including phenoxy) is 1. The van der Waals surface area contributed by atoms with Crippen LogP contribution in [0.15, 0.2) is 65.6 Å². The number of amides is 1. The summed E-state index contributed by atoms with van der Waals surface area (Å²) in [5.41, 5.74) is -0.111. The first-order chi connectivity index (χ1) is 13.8. The second-order valence-electron chi connectivity index (χ2n) is 7.18. The Kier molecular flexibility index (Phi) is 6.13. The Balaban J connectivity index is 1.95. The van der Waals surface area contributed by atoms with Crippen molar-refractivity contribution in [2.75, 3.05) is 6.26 Å². The van der Waals surface area contributed by atoms with Crippen LogP contribution >= 0.6 is 11.8 Å². The summed E-state index contributed by atoms with van der Waals surface area (Å²) in [5.74, 6) is -1.16. The highest BCUT2D eigenvalue weighted by molar-refractivity contribution is 7.98. The highest BCUT2D eigenvalue weighted by Gasteiger charge is 2.30. The van der Waals surface area contributed by atoms with Crippen molar-refractivity contribution >= 4 is 34.4 Å². The van der Waals surface area contributed by atoms with Gasteiger partial charge in [-0.1, -0.05) is 42.5 Å². The number of hydrogen-bond acceptors (Lipinski definition) is 4. The monoisotopic (exact) mass is 409 g/mol. The molecule has 0 aliphatic heterocycles. The molecule has 3 aromatic rings. The molecule has 3 rings (SSSR count). The molecule has 0 atom stereocenters. The number of rotatable bonds is 7. The third-order valence-corrected chi connectivity index (χ3v) is 5.37. The summed E-state index contributed by atoms with van der Waals surface area (Å²) in [6, 6.07) is 19.2. The maximum Gasteiger partial charge on any atom is 0.328 e. The average molecular weight is 410 g/mol. The Morgan fingerprint density at radius 2 is 1.72 bits per heavy atom. The molecule has 0 spiro atoms. The molecular weight excluding hydrogens is 386 g/mol. The largest absolute Gasteiger partial charge is 0.487 e. The lowest BCUT2D eigenvalue weighted by molar-refractivity contribution is -0.143. The predicted octanol–water partition coefficient (Wildman–Crippen LogP) is 4.73. The Labute approximate surface area is 174 Å². The molecule has 0 radical (unpaired) electrons. The Hall–Kier alpha value is -2.99. The van der Waals surface area contributed by atoms with Crippen LogP contribution in [0.1, 0.15) is 29.8 Å². The van der Waals surface area contributed by atoms with Crippen LogP contribution < -0.4 is 10.1 Å². The zero-order valence-electron chi connectivity index (χ0n) is 16.6. The molecule has 0 saturated heterocycles. The van der Waals surface area contributed by atoms with Crippen LogP contribution in [-0.2, 0) is 11.4 Å². The summed E-state index contributed by atoms with van der Waals surface area (Å²) in [6.07, 6.45) is 2.02. The number of thioether (sulfide) groups is 1. The van der Waals surface area contributed by atoms with Crippen LogP contribution in [-0.4, -0.2) is 28.8 Å². The molecule has 3 aromatic carbocycles. The molecule has 0 aromatic heterocycles. The molecule has 29 heavy (non-hydrogen) atoms. The number of benzene rings is 3. The summed E-state index contributed by atoms with van der Waals surface area (Å²) in [4.78, 5) is 25.4. The van der Waals surface area contributed by atoms with E-state index in [4.69, 9.17) is 4.74 Å². The van der Waals surface area contributed by atoms with Crippen LogP contribution in [0.2, 0.25) is 0 Å². The van der Waals surface area contributed by atoms with Gasteiger partial charge in [0.1, 0.15) is 17.9 Å². The van der Waals surface area contributed by atoms with E-state index in [2.05, 4.69) is 5.32 Å². The van der Waals surface area contributed by atoms with Crippen LogP contribution in [0.25, 0.3) is 10.8 Å². The van der Waals surface area contributed by atoms with Crippen molar-refractivity contribution < 1.29 is 19.4 Å². The molecule has 0 fully saturated rings. The van der Waals surface area contributed by atoms with E-state index >= 15 is 0 Å². The Bertz CT molecular complexity index is 1040. The first-order valence-electron chi connectivity index (χ1n) is 9.15. The van der Waals surface area contributed by atoms with E-state index in [9.17, 15) is 14.7 Å². The summed E-state index contributed by atoms with van der Waals surface area (Å²) < 4.78 is 6.09. The maximum absolute atomic E-state index is 12.9. The van der Waals surface area contributed by atoms with E-state index in [1.807, 2.05) is 60.9 Å². The number of carboxylic acids is 1. The molecule has 5 nitrogen and oxygen atoms in total. The number of fused-ring (bicyclic) bond motifs is 1. The standard InChI is InChI=1S/C23H23NO4S/c1-23(2,22(26)27)24-21(25)19-13-10-16-6-4-5-7-18(16)20(19)28-14-15-8-11-17(29-3)12-9-15/h4-13H,14H2,1-3H3,(H,24,25)(H,26,27). The van der Waals surface area contributed by atoms with Crippen molar-refractivity contribution in [3.63, 3.8) is 0 Å². The first kappa shape index (κ1) is 20.7. The van der Waals surface area contributed by atoms with E-state index in [0.29, 0.717) is 17.9 Å². The quantitative estimate of drug-likeness (QED) is 0.552. The minimum absolute atomic E-state index is 0.297. The van der Waals surface area contributed by atoms with Gasteiger partial charge in [0.05, 0.1) is 5.56 Å². The summed E-state index contributed by atoms with van der Waals surface area (Å²) in [5, 5.41) is 13.6. The zero-order valence-corrected chi connectivity index (χ0v) is 17.4. The summed E-state index contributed by atoms with van der Waals surface area (Å²) >= 11 is 1.67. The van der Waals surface area contributed by atoms with E-state index in [1.54, 1.807) is 17.8 Å². The van der Waals surface area contributed by atoms with E-state index in [-0.39, 0.29) is 0 Å². The minimum Gasteiger partial charge on any atom is -0.487 e.